The first kappa shape index (κ1) is 14.4. The van der Waals surface area contributed by atoms with E-state index < -0.39 is 0 Å². The maximum Gasteiger partial charge on any atom is 0.226 e. The quantitative estimate of drug-likeness (QED) is 0.867. The van der Waals surface area contributed by atoms with Gasteiger partial charge in [0.25, 0.3) is 0 Å². The fourth-order valence-corrected chi connectivity index (χ4v) is 3.14. The van der Waals surface area contributed by atoms with E-state index in [2.05, 4.69) is 27.8 Å². The summed E-state index contributed by atoms with van der Waals surface area (Å²) < 4.78 is 0. The van der Waals surface area contributed by atoms with E-state index in [1.54, 1.807) is 0 Å². The SMILES string of the molecule is CCc1nnc(NC(=O)CC(C)C2CCCNC2)s1. The Morgan fingerprint density at radius 2 is 2.42 bits per heavy atom. The summed E-state index contributed by atoms with van der Waals surface area (Å²) in [7, 11) is 0. The van der Waals surface area contributed by atoms with Gasteiger partial charge in [-0.2, -0.15) is 0 Å². The summed E-state index contributed by atoms with van der Waals surface area (Å²) in [5, 5.41) is 15.8. The number of carbonyl (C=O) groups is 1. The van der Waals surface area contributed by atoms with Crippen molar-refractivity contribution in [3.8, 4) is 0 Å². The van der Waals surface area contributed by atoms with Crippen molar-refractivity contribution < 1.29 is 4.79 Å². The van der Waals surface area contributed by atoms with Gasteiger partial charge in [0.1, 0.15) is 5.01 Å². The van der Waals surface area contributed by atoms with Gasteiger partial charge in [-0.25, -0.2) is 0 Å². The van der Waals surface area contributed by atoms with Gasteiger partial charge in [0, 0.05) is 6.42 Å². The molecular formula is C13H22N4OS. The molecule has 1 amide bonds. The van der Waals surface area contributed by atoms with E-state index in [9.17, 15) is 4.79 Å². The molecule has 2 unspecified atom stereocenters. The molecule has 1 aliphatic heterocycles. The van der Waals surface area contributed by atoms with E-state index in [0.717, 1.165) is 24.5 Å². The minimum Gasteiger partial charge on any atom is -0.316 e. The topological polar surface area (TPSA) is 66.9 Å². The zero-order valence-corrected chi connectivity index (χ0v) is 12.4. The van der Waals surface area contributed by atoms with Crippen LogP contribution in [0, 0.1) is 11.8 Å². The molecule has 2 N–H and O–H groups in total. The Morgan fingerprint density at radius 3 is 3.05 bits per heavy atom. The van der Waals surface area contributed by atoms with E-state index in [-0.39, 0.29) is 5.91 Å². The van der Waals surface area contributed by atoms with Gasteiger partial charge in [-0.05, 0) is 44.2 Å². The molecule has 2 atom stereocenters. The van der Waals surface area contributed by atoms with Crippen LogP contribution in [-0.4, -0.2) is 29.2 Å². The molecule has 0 aliphatic carbocycles. The van der Waals surface area contributed by atoms with Gasteiger partial charge in [-0.1, -0.05) is 25.2 Å². The zero-order valence-electron chi connectivity index (χ0n) is 11.6. The lowest BCUT2D eigenvalue weighted by atomic mass is 9.85. The largest absolute Gasteiger partial charge is 0.316 e. The summed E-state index contributed by atoms with van der Waals surface area (Å²) in [4.78, 5) is 12.0. The summed E-state index contributed by atoms with van der Waals surface area (Å²) in [5.41, 5.74) is 0. The molecule has 106 valence electrons. The molecule has 1 aromatic rings. The molecule has 0 aromatic carbocycles. The lowest BCUT2D eigenvalue weighted by Crippen LogP contribution is -2.34. The van der Waals surface area contributed by atoms with Crippen molar-refractivity contribution in [3.05, 3.63) is 5.01 Å². The maximum atomic E-state index is 12.0. The number of hydrogen-bond donors (Lipinski definition) is 2. The summed E-state index contributed by atoms with van der Waals surface area (Å²) in [6.07, 6.45) is 3.86. The highest BCUT2D eigenvalue weighted by Crippen LogP contribution is 2.23. The van der Waals surface area contributed by atoms with E-state index in [1.165, 1.54) is 24.2 Å². The van der Waals surface area contributed by atoms with Crippen molar-refractivity contribution >= 4 is 22.4 Å². The number of nitrogens with zero attached hydrogens (tertiary/aromatic N) is 2. The Hall–Kier alpha value is -1.01. The third-order valence-electron chi connectivity index (χ3n) is 3.66. The molecule has 1 aromatic heterocycles. The van der Waals surface area contributed by atoms with Crippen LogP contribution in [-0.2, 0) is 11.2 Å². The average Bonchev–Trinajstić information content (AvgIpc) is 2.87. The number of aromatic nitrogens is 2. The van der Waals surface area contributed by atoms with Gasteiger partial charge in [0.15, 0.2) is 0 Å². The molecule has 2 heterocycles. The fourth-order valence-electron chi connectivity index (χ4n) is 2.44. The molecule has 6 heteroatoms. The minimum absolute atomic E-state index is 0.0527. The molecule has 1 saturated heterocycles. The number of nitrogens with one attached hydrogen (secondary N) is 2. The van der Waals surface area contributed by atoms with Crippen LogP contribution in [0.1, 0.15) is 38.1 Å². The molecule has 0 bridgehead atoms. The number of rotatable bonds is 5. The molecule has 1 aliphatic rings. The number of hydrogen-bond acceptors (Lipinski definition) is 5. The minimum atomic E-state index is 0.0527. The Labute approximate surface area is 118 Å². The highest BCUT2D eigenvalue weighted by atomic mass is 32.1. The van der Waals surface area contributed by atoms with E-state index in [4.69, 9.17) is 0 Å². The van der Waals surface area contributed by atoms with Crippen LogP contribution in [0.4, 0.5) is 5.13 Å². The van der Waals surface area contributed by atoms with E-state index >= 15 is 0 Å². The van der Waals surface area contributed by atoms with Crippen LogP contribution in [0.5, 0.6) is 0 Å². The molecule has 0 spiro atoms. The number of anilines is 1. The van der Waals surface area contributed by atoms with Crippen molar-refractivity contribution in [2.24, 2.45) is 11.8 Å². The van der Waals surface area contributed by atoms with Crippen LogP contribution in [0.25, 0.3) is 0 Å². The van der Waals surface area contributed by atoms with Crippen LogP contribution in [0.15, 0.2) is 0 Å². The van der Waals surface area contributed by atoms with Gasteiger partial charge in [-0.3, -0.25) is 4.79 Å². The number of aryl methyl sites for hydroxylation is 1. The molecule has 0 radical (unpaired) electrons. The lowest BCUT2D eigenvalue weighted by Gasteiger charge is -2.27. The predicted octanol–water partition coefficient (Wildman–Crippen LogP) is 2.06. The third-order valence-corrected chi connectivity index (χ3v) is 4.65. The molecule has 19 heavy (non-hydrogen) atoms. The molecule has 2 rings (SSSR count). The van der Waals surface area contributed by atoms with Gasteiger partial charge in [-0.15, -0.1) is 10.2 Å². The number of piperidine rings is 1. The normalized spacial score (nSPS) is 21.1. The Morgan fingerprint density at radius 1 is 1.58 bits per heavy atom. The first-order valence-electron chi connectivity index (χ1n) is 7.02. The summed E-state index contributed by atoms with van der Waals surface area (Å²) >= 11 is 1.46. The van der Waals surface area contributed by atoms with Crippen molar-refractivity contribution in [2.45, 2.75) is 39.5 Å². The smallest absolute Gasteiger partial charge is 0.226 e. The fraction of sp³-hybridized carbons (Fsp3) is 0.769. The van der Waals surface area contributed by atoms with Gasteiger partial charge >= 0.3 is 0 Å². The molecular weight excluding hydrogens is 260 g/mol. The van der Waals surface area contributed by atoms with Crippen molar-refractivity contribution in [1.82, 2.24) is 15.5 Å². The highest BCUT2D eigenvalue weighted by Gasteiger charge is 2.22. The van der Waals surface area contributed by atoms with Crippen LogP contribution < -0.4 is 10.6 Å². The van der Waals surface area contributed by atoms with Gasteiger partial charge in [0.05, 0.1) is 0 Å². The predicted molar refractivity (Wildman–Crippen MR) is 77.3 cm³/mol. The third kappa shape index (κ3) is 4.24. The first-order valence-corrected chi connectivity index (χ1v) is 7.83. The van der Waals surface area contributed by atoms with Gasteiger partial charge in [0.2, 0.25) is 11.0 Å². The van der Waals surface area contributed by atoms with Gasteiger partial charge < -0.3 is 10.6 Å². The average molecular weight is 282 g/mol. The van der Waals surface area contributed by atoms with Crippen molar-refractivity contribution in [1.29, 1.82) is 0 Å². The second-order valence-corrected chi connectivity index (χ2v) is 6.25. The first-order chi connectivity index (χ1) is 9.19. The monoisotopic (exact) mass is 282 g/mol. The second kappa shape index (κ2) is 6.96. The molecule has 1 fully saturated rings. The van der Waals surface area contributed by atoms with Crippen molar-refractivity contribution in [2.75, 3.05) is 18.4 Å². The van der Waals surface area contributed by atoms with Crippen molar-refractivity contribution in [3.63, 3.8) is 0 Å². The maximum absolute atomic E-state index is 12.0. The Balaban J connectivity index is 1.79. The second-order valence-electron chi connectivity index (χ2n) is 5.19. The zero-order chi connectivity index (χ0) is 13.7. The summed E-state index contributed by atoms with van der Waals surface area (Å²) in [6.45, 7) is 6.34. The Bertz CT molecular complexity index is 415. The summed E-state index contributed by atoms with van der Waals surface area (Å²) in [6, 6.07) is 0. The van der Waals surface area contributed by atoms with Crippen LogP contribution in [0.2, 0.25) is 0 Å². The molecule has 5 nitrogen and oxygen atoms in total. The number of amides is 1. The van der Waals surface area contributed by atoms with E-state index in [0.29, 0.717) is 23.4 Å². The summed E-state index contributed by atoms with van der Waals surface area (Å²) in [5.74, 6) is 1.07. The van der Waals surface area contributed by atoms with E-state index in [1.807, 2.05) is 6.92 Å². The lowest BCUT2D eigenvalue weighted by molar-refractivity contribution is -0.117. The number of carbonyl (C=O) groups excluding carboxylic acids is 1. The molecule has 0 saturated carbocycles. The Kier molecular flexibility index (Phi) is 5.27. The van der Waals surface area contributed by atoms with Crippen LogP contribution in [0.3, 0.4) is 0 Å². The highest BCUT2D eigenvalue weighted by molar-refractivity contribution is 7.15. The van der Waals surface area contributed by atoms with Crippen LogP contribution >= 0.6 is 11.3 Å². The standard InChI is InChI=1S/C13H22N4OS/c1-3-12-16-17-13(19-12)15-11(18)7-9(2)10-5-4-6-14-8-10/h9-10,14H,3-8H2,1-2H3,(H,15,17,18).